The summed E-state index contributed by atoms with van der Waals surface area (Å²) in [5, 5.41) is 2.46. The van der Waals surface area contributed by atoms with Gasteiger partial charge in [-0.3, -0.25) is 9.59 Å². The summed E-state index contributed by atoms with van der Waals surface area (Å²) in [7, 11) is 0. The van der Waals surface area contributed by atoms with Gasteiger partial charge in [0.15, 0.2) is 0 Å². The molecule has 0 N–H and O–H groups in total. The van der Waals surface area contributed by atoms with E-state index in [0.717, 1.165) is 16.9 Å². The number of hydrogen-bond donors (Lipinski definition) is 0. The van der Waals surface area contributed by atoms with E-state index in [1.165, 1.54) is 27.4 Å². The molecule has 3 aromatic rings. The summed E-state index contributed by atoms with van der Waals surface area (Å²) in [5.41, 5.74) is 4.71. The van der Waals surface area contributed by atoms with Gasteiger partial charge in [-0.05, 0) is 53.6 Å². The van der Waals surface area contributed by atoms with Crippen LogP contribution in [0.5, 0.6) is 0 Å². The predicted molar refractivity (Wildman–Crippen MR) is 120 cm³/mol. The number of halogens is 1. The first kappa shape index (κ1) is 19.1. The van der Waals surface area contributed by atoms with Crippen molar-refractivity contribution < 1.29 is 9.59 Å². The smallest absolute Gasteiger partial charge is 0.282 e. The van der Waals surface area contributed by atoms with Crippen LogP contribution in [0.25, 0.3) is 5.57 Å². The number of benzene rings is 2. The Morgan fingerprint density at radius 2 is 1.73 bits per heavy atom. The van der Waals surface area contributed by atoms with E-state index in [0.29, 0.717) is 35.1 Å². The van der Waals surface area contributed by atoms with E-state index in [1.807, 2.05) is 36.6 Å². The first-order valence-corrected chi connectivity index (χ1v) is 11.1. The number of nitrogens with zero attached hydrogens (tertiary/aromatic N) is 2. The molecule has 0 atom stereocenters. The summed E-state index contributed by atoms with van der Waals surface area (Å²) in [4.78, 5) is 31.4. The molecule has 0 fully saturated rings. The van der Waals surface area contributed by atoms with E-state index in [1.54, 1.807) is 18.2 Å². The fourth-order valence-corrected chi connectivity index (χ4v) is 5.13. The van der Waals surface area contributed by atoms with Gasteiger partial charge < -0.3 is 4.90 Å². The summed E-state index contributed by atoms with van der Waals surface area (Å²) < 4.78 is 0. The quantitative estimate of drug-likeness (QED) is 0.541. The lowest BCUT2D eigenvalue weighted by Gasteiger charge is -2.31. The lowest BCUT2D eigenvalue weighted by Crippen LogP contribution is -2.37. The lowest BCUT2D eigenvalue weighted by atomic mass is 9.99. The second-order valence-electron chi connectivity index (χ2n) is 7.47. The molecule has 6 heteroatoms. The van der Waals surface area contributed by atoms with Gasteiger partial charge in [-0.1, -0.05) is 48.0 Å². The van der Waals surface area contributed by atoms with E-state index < -0.39 is 0 Å². The molecule has 150 valence electrons. The molecule has 30 heavy (non-hydrogen) atoms. The molecule has 2 aromatic carbocycles. The Morgan fingerprint density at radius 3 is 2.50 bits per heavy atom. The molecule has 0 saturated carbocycles. The molecule has 4 nitrogen and oxygen atoms in total. The zero-order chi connectivity index (χ0) is 20.8. The zero-order valence-electron chi connectivity index (χ0n) is 16.4. The standard InChI is InChI=1S/C24H19ClN2O2S/c1-15-18(25)8-4-9-19(15)27-23(28)21(20-10-5-13-30-20)22(24(27)29)26-12-11-16-6-2-3-7-17(16)14-26/h2-10,13H,11-12,14H2,1H3. The highest BCUT2D eigenvalue weighted by Crippen LogP contribution is 2.39. The number of carbonyl (C=O) groups is 2. The van der Waals surface area contributed by atoms with E-state index in [-0.39, 0.29) is 11.8 Å². The van der Waals surface area contributed by atoms with E-state index >= 15 is 0 Å². The second kappa shape index (κ2) is 7.42. The third-order valence-electron chi connectivity index (χ3n) is 5.75. The fraction of sp³-hybridized carbons (Fsp3) is 0.167. The molecule has 0 saturated heterocycles. The maximum Gasteiger partial charge on any atom is 0.282 e. The lowest BCUT2D eigenvalue weighted by molar-refractivity contribution is -0.120. The third-order valence-corrected chi connectivity index (χ3v) is 7.05. The van der Waals surface area contributed by atoms with Crippen LogP contribution in [0.1, 0.15) is 21.6 Å². The predicted octanol–water partition coefficient (Wildman–Crippen LogP) is 5.05. The van der Waals surface area contributed by atoms with Crippen LogP contribution in [0.3, 0.4) is 0 Å². The van der Waals surface area contributed by atoms with Gasteiger partial charge in [-0.25, -0.2) is 4.90 Å². The molecular weight excluding hydrogens is 416 g/mol. The van der Waals surface area contributed by atoms with E-state index in [2.05, 4.69) is 17.0 Å². The van der Waals surface area contributed by atoms with Crippen molar-refractivity contribution in [2.45, 2.75) is 19.9 Å². The molecule has 0 unspecified atom stereocenters. The molecular formula is C24H19ClN2O2S. The van der Waals surface area contributed by atoms with Gasteiger partial charge >= 0.3 is 0 Å². The van der Waals surface area contributed by atoms with Crippen LogP contribution < -0.4 is 4.90 Å². The number of rotatable bonds is 3. The van der Waals surface area contributed by atoms with Crippen molar-refractivity contribution in [3.8, 4) is 0 Å². The molecule has 2 aliphatic heterocycles. The average molecular weight is 435 g/mol. The monoisotopic (exact) mass is 434 g/mol. The van der Waals surface area contributed by atoms with Crippen LogP contribution in [0.2, 0.25) is 5.02 Å². The number of anilines is 1. The number of amides is 2. The van der Waals surface area contributed by atoms with Gasteiger partial charge in [0.25, 0.3) is 11.8 Å². The van der Waals surface area contributed by atoms with Gasteiger partial charge in [0.2, 0.25) is 0 Å². The summed E-state index contributed by atoms with van der Waals surface area (Å²) in [6.07, 6.45) is 0.842. The second-order valence-corrected chi connectivity index (χ2v) is 8.83. The molecule has 3 heterocycles. The summed E-state index contributed by atoms with van der Waals surface area (Å²) >= 11 is 7.77. The van der Waals surface area contributed by atoms with Crippen LogP contribution >= 0.6 is 22.9 Å². The van der Waals surface area contributed by atoms with E-state index in [9.17, 15) is 9.59 Å². The first-order valence-electron chi connectivity index (χ1n) is 9.80. The largest absolute Gasteiger partial charge is 0.362 e. The highest BCUT2D eigenvalue weighted by atomic mass is 35.5. The molecule has 0 spiro atoms. The van der Waals surface area contributed by atoms with Crippen LogP contribution in [0.4, 0.5) is 5.69 Å². The van der Waals surface area contributed by atoms with Crippen LogP contribution in [-0.2, 0) is 22.6 Å². The number of imide groups is 1. The Kier molecular flexibility index (Phi) is 4.72. The van der Waals surface area contributed by atoms with Crippen LogP contribution in [0.15, 0.2) is 65.7 Å². The van der Waals surface area contributed by atoms with Crippen molar-refractivity contribution in [3.63, 3.8) is 0 Å². The van der Waals surface area contributed by atoms with Gasteiger partial charge in [0, 0.05) is 23.0 Å². The van der Waals surface area contributed by atoms with Crippen molar-refractivity contribution in [3.05, 3.63) is 92.3 Å². The Balaban J connectivity index is 1.62. The number of thiophene rings is 1. The first-order chi connectivity index (χ1) is 14.6. The molecule has 0 radical (unpaired) electrons. The minimum Gasteiger partial charge on any atom is -0.362 e. The molecule has 0 aliphatic carbocycles. The fourth-order valence-electron chi connectivity index (χ4n) is 4.20. The highest BCUT2D eigenvalue weighted by Gasteiger charge is 2.43. The van der Waals surface area contributed by atoms with Crippen LogP contribution in [-0.4, -0.2) is 23.3 Å². The van der Waals surface area contributed by atoms with Crippen molar-refractivity contribution in [2.75, 3.05) is 11.4 Å². The Hall–Kier alpha value is -2.89. The number of carbonyl (C=O) groups excluding carboxylic acids is 2. The number of fused-ring (bicyclic) bond motifs is 1. The van der Waals surface area contributed by atoms with Crippen molar-refractivity contribution >= 4 is 46.0 Å². The molecule has 5 rings (SSSR count). The Morgan fingerprint density at radius 1 is 0.933 bits per heavy atom. The zero-order valence-corrected chi connectivity index (χ0v) is 18.0. The van der Waals surface area contributed by atoms with Gasteiger partial charge in [-0.2, -0.15) is 0 Å². The maximum absolute atomic E-state index is 13.7. The summed E-state index contributed by atoms with van der Waals surface area (Å²) in [5.74, 6) is -0.574. The normalized spacial score (nSPS) is 16.5. The van der Waals surface area contributed by atoms with Crippen molar-refractivity contribution in [1.29, 1.82) is 0 Å². The number of hydrogen-bond acceptors (Lipinski definition) is 4. The van der Waals surface area contributed by atoms with Gasteiger partial charge in [0.1, 0.15) is 5.70 Å². The summed E-state index contributed by atoms with van der Waals surface area (Å²) in [6.45, 7) is 3.14. The van der Waals surface area contributed by atoms with Gasteiger partial charge in [0.05, 0.1) is 11.3 Å². The molecule has 2 amide bonds. The minimum atomic E-state index is -0.290. The van der Waals surface area contributed by atoms with Gasteiger partial charge in [-0.15, -0.1) is 11.3 Å². The van der Waals surface area contributed by atoms with Crippen molar-refractivity contribution in [1.82, 2.24) is 4.90 Å². The van der Waals surface area contributed by atoms with E-state index in [4.69, 9.17) is 11.6 Å². The molecule has 0 bridgehead atoms. The SMILES string of the molecule is Cc1c(Cl)cccc1N1C(=O)C(c2cccs2)=C(N2CCc3ccccc3C2)C1=O. The molecule has 1 aromatic heterocycles. The van der Waals surface area contributed by atoms with Crippen molar-refractivity contribution in [2.24, 2.45) is 0 Å². The van der Waals surface area contributed by atoms with Crippen LogP contribution in [0, 0.1) is 6.92 Å². The minimum absolute atomic E-state index is 0.284. The average Bonchev–Trinajstić information content (AvgIpc) is 3.36. The maximum atomic E-state index is 13.7. The molecule has 2 aliphatic rings. The third kappa shape index (κ3) is 2.97. The topological polar surface area (TPSA) is 40.6 Å². The highest BCUT2D eigenvalue weighted by molar-refractivity contribution is 7.11. The Labute approximate surface area is 184 Å². The summed E-state index contributed by atoms with van der Waals surface area (Å²) in [6, 6.07) is 17.4. The Bertz CT molecular complexity index is 1200.